The molecule has 148 valence electrons. The van der Waals surface area contributed by atoms with Crippen LogP contribution in [0.15, 0.2) is 69.9 Å². The number of aromatic amines is 2. The zero-order chi connectivity index (χ0) is 20.6. The van der Waals surface area contributed by atoms with Crippen molar-refractivity contribution < 1.29 is 0 Å². The number of allylic oxidation sites excluding steroid dienone is 4. The van der Waals surface area contributed by atoms with Gasteiger partial charge in [-0.05, 0) is 90.1 Å². The number of aromatic nitrogens is 2. The van der Waals surface area contributed by atoms with Crippen LogP contribution in [0.25, 0.3) is 0 Å². The van der Waals surface area contributed by atoms with Gasteiger partial charge in [0.1, 0.15) is 0 Å². The summed E-state index contributed by atoms with van der Waals surface area (Å²) < 4.78 is 0. The van der Waals surface area contributed by atoms with E-state index in [0.717, 1.165) is 22.8 Å². The van der Waals surface area contributed by atoms with Crippen molar-refractivity contribution in [1.29, 1.82) is 0 Å². The first-order chi connectivity index (χ1) is 13.6. The molecule has 0 saturated carbocycles. The molecule has 0 spiro atoms. The van der Waals surface area contributed by atoms with Crippen LogP contribution in [0.4, 0.5) is 0 Å². The van der Waals surface area contributed by atoms with Crippen LogP contribution in [0.2, 0.25) is 0 Å². The topological polar surface area (TPSA) is 56.3 Å². The lowest BCUT2D eigenvalue weighted by molar-refractivity contribution is 0.586. The molecule has 0 saturated heterocycles. The molecule has 3 aliphatic rings. The Morgan fingerprint density at radius 3 is 1.24 bits per heavy atom. The number of aliphatic imine (C=N–C) groups is 2. The Kier molecular flexibility index (Phi) is 3.50. The SMILES string of the molecule is CC1(C)C2=N/C(=C3/C=CC(=N3)C(C)(C)c3ccc([nH]3)C(C)(C)c3ccc1[nH]3)C=C2. The Morgan fingerprint density at radius 2 is 0.862 bits per heavy atom. The van der Waals surface area contributed by atoms with E-state index < -0.39 is 0 Å². The van der Waals surface area contributed by atoms with Crippen molar-refractivity contribution in [2.24, 2.45) is 9.98 Å². The third-order valence-corrected chi connectivity index (χ3v) is 6.89. The largest absolute Gasteiger partial charge is 0.361 e. The van der Waals surface area contributed by atoms with E-state index in [0.29, 0.717) is 0 Å². The van der Waals surface area contributed by atoms with Gasteiger partial charge in [-0.3, -0.25) is 9.98 Å². The molecule has 0 radical (unpaired) electrons. The lowest BCUT2D eigenvalue weighted by Crippen LogP contribution is -2.29. The molecule has 4 nitrogen and oxygen atoms in total. The molecule has 0 atom stereocenters. The van der Waals surface area contributed by atoms with Gasteiger partial charge < -0.3 is 9.97 Å². The molecular weight excluding hydrogens is 356 g/mol. The summed E-state index contributed by atoms with van der Waals surface area (Å²) in [6.45, 7) is 13.4. The van der Waals surface area contributed by atoms with E-state index in [1.165, 1.54) is 22.8 Å². The highest BCUT2D eigenvalue weighted by atomic mass is 14.9. The molecule has 29 heavy (non-hydrogen) atoms. The zero-order valence-electron chi connectivity index (χ0n) is 18.0. The van der Waals surface area contributed by atoms with E-state index in [4.69, 9.17) is 9.98 Å². The number of nitrogens with one attached hydrogen (secondary N) is 2. The standard InChI is InChI=1S/C25H28N4/c1-23(2)17-9-7-15(26-17)16-8-10-18(27-16)24(3,4)20-12-14-22(29-20)25(5,6)21-13-11-19(23)28-21/h7-14,28-29H,1-6H3/b16-15-. The second-order valence-electron chi connectivity index (χ2n) is 9.88. The first-order valence-electron chi connectivity index (χ1n) is 10.3. The molecule has 8 bridgehead atoms. The molecule has 2 aromatic heterocycles. The van der Waals surface area contributed by atoms with E-state index in [1.54, 1.807) is 0 Å². The normalized spacial score (nSPS) is 25.4. The summed E-state index contributed by atoms with van der Waals surface area (Å²) in [6, 6.07) is 8.82. The average Bonchev–Trinajstić information content (AvgIpc) is 3.48. The van der Waals surface area contributed by atoms with Crippen molar-refractivity contribution in [2.75, 3.05) is 0 Å². The van der Waals surface area contributed by atoms with Crippen molar-refractivity contribution >= 4 is 11.4 Å². The summed E-state index contributed by atoms with van der Waals surface area (Å²) in [4.78, 5) is 17.3. The molecule has 0 amide bonds. The number of fused-ring (bicyclic) bond motifs is 6. The monoisotopic (exact) mass is 384 g/mol. The fraction of sp³-hybridized carbons (Fsp3) is 0.360. The summed E-state index contributed by atoms with van der Waals surface area (Å²) in [6.07, 6.45) is 8.43. The van der Waals surface area contributed by atoms with Crippen molar-refractivity contribution in [1.82, 2.24) is 9.97 Å². The molecule has 2 N–H and O–H groups in total. The van der Waals surface area contributed by atoms with Gasteiger partial charge in [0.15, 0.2) is 0 Å². The second-order valence-corrected chi connectivity index (χ2v) is 9.88. The maximum absolute atomic E-state index is 4.96. The molecule has 2 aromatic rings. The maximum Gasteiger partial charge on any atom is 0.0890 e. The van der Waals surface area contributed by atoms with Crippen LogP contribution >= 0.6 is 0 Å². The number of H-pyrrole nitrogens is 2. The highest BCUT2D eigenvalue weighted by molar-refractivity contribution is 6.07. The van der Waals surface area contributed by atoms with E-state index in [-0.39, 0.29) is 16.2 Å². The Hall–Kier alpha value is -2.88. The Balaban J connectivity index is 1.78. The fourth-order valence-electron chi connectivity index (χ4n) is 4.38. The maximum atomic E-state index is 4.96. The van der Waals surface area contributed by atoms with Crippen molar-refractivity contribution in [3.8, 4) is 0 Å². The van der Waals surface area contributed by atoms with Gasteiger partial charge >= 0.3 is 0 Å². The molecule has 0 aromatic carbocycles. The fourth-order valence-corrected chi connectivity index (χ4v) is 4.38. The van der Waals surface area contributed by atoms with Crippen LogP contribution in [-0.4, -0.2) is 21.4 Å². The van der Waals surface area contributed by atoms with E-state index in [2.05, 4.69) is 100 Å². The minimum atomic E-state index is -0.220. The van der Waals surface area contributed by atoms with Crippen LogP contribution in [0.3, 0.4) is 0 Å². The smallest absolute Gasteiger partial charge is 0.0890 e. The van der Waals surface area contributed by atoms with Crippen LogP contribution in [0, 0.1) is 0 Å². The lowest BCUT2D eigenvalue weighted by atomic mass is 9.84. The second kappa shape index (κ2) is 5.59. The summed E-state index contributed by atoms with van der Waals surface area (Å²) in [5, 5.41) is 0. The zero-order valence-corrected chi connectivity index (χ0v) is 18.0. The number of hydrogen-bond acceptors (Lipinski definition) is 2. The Bertz CT molecular complexity index is 1080. The molecule has 0 aliphatic carbocycles. The van der Waals surface area contributed by atoms with Gasteiger partial charge in [-0.25, -0.2) is 0 Å². The van der Waals surface area contributed by atoms with Gasteiger partial charge in [0.25, 0.3) is 0 Å². The predicted molar refractivity (Wildman–Crippen MR) is 120 cm³/mol. The molecule has 5 rings (SSSR count). The van der Waals surface area contributed by atoms with Crippen LogP contribution in [0.5, 0.6) is 0 Å². The summed E-state index contributed by atoms with van der Waals surface area (Å²) >= 11 is 0. The lowest BCUT2D eigenvalue weighted by Gasteiger charge is -2.26. The van der Waals surface area contributed by atoms with E-state index in [1.807, 2.05) is 0 Å². The molecule has 5 heterocycles. The molecule has 0 fully saturated rings. The molecule has 3 aliphatic heterocycles. The molecule has 4 heteroatoms. The number of hydrogen-bond donors (Lipinski definition) is 2. The van der Waals surface area contributed by atoms with Crippen molar-refractivity contribution in [3.63, 3.8) is 0 Å². The van der Waals surface area contributed by atoms with Crippen molar-refractivity contribution in [3.05, 3.63) is 82.7 Å². The van der Waals surface area contributed by atoms with Gasteiger partial charge in [0.05, 0.1) is 22.8 Å². The highest BCUT2D eigenvalue weighted by Crippen LogP contribution is 2.38. The quantitative estimate of drug-likeness (QED) is 0.605. The van der Waals surface area contributed by atoms with Gasteiger partial charge in [-0.2, -0.15) is 0 Å². The van der Waals surface area contributed by atoms with Crippen molar-refractivity contribution in [2.45, 2.75) is 57.8 Å². The molecular formula is C25H28N4. The predicted octanol–water partition coefficient (Wildman–Crippen LogP) is 5.47. The Labute approximate surface area is 172 Å². The third-order valence-electron chi connectivity index (χ3n) is 6.89. The Morgan fingerprint density at radius 1 is 0.517 bits per heavy atom. The number of rotatable bonds is 0. The van der Waals surface area contributed by atoms with Gasteiger partial charge in [0.2, 0.25) is 0 Å². The van der Waals surface area contributed by atoms with Crippen LogP contribution < -0.4 is 0 Å². The van der Waals surface area contributed by atoms with Crippen LogP contribution in [0.1, 0.15) is 64.3 Å². The molecule has 0 unspecified atom stereocenters. The highest BCUT2D eigenvalue weighted by Gasteiger charge is 2.36. The van der Waals surface area contributed by atoms with Gasteiger partial charge in [-0.15, -0.1) is 0 Å². The van der Waals surface area contributed by atoms with Gasteiger partial charge in [0, 0.05) is 39.0 Å². The van der Waals surface area contributed by atoms with Crippen LogP contribution in [-0.2, 0) is 16.2 Å². The minimum Gasteiger partial charge on any atom is -0.361 e. The van der Waals surface area contributed by atoms with Gasteiger partial charge in [-0.1, -0.05) is 0 Å². The first kappa shape index (κ1) is 18.2. The van der Waals surface area contributed by atoms with E-state index >= 15 is 0 Å². The third kappa shape index (κ3) is 2.51. The summed E-state index contributed by atoms with van der Waals surface area (Å²) in [7, 11) is 0. The van der Waals surface area contributed by atoms with E-state index in [9.17, 15) is 0 Å². The minimum absolute atomic E-state index is 0.169. The summed E-state index contributed by atoms with van der Waals surface area (Å²) in [5.74, 6) is 0. The number of nitrogens with zero attached hydrogens (tertiary/aromatic N) is 2. The summed E-state index contributed by atoms with van der Waals surface area (Å²) in [5.41, 5.74) is 8.10. The first-order valence-corrected chi connectivity index (χ1v) is 10.3. The average molecular weight is 385 g/mol.